The molecule has 6 nitrogen and oxygen atoms in total. The van der Waals surface area contributed by atoms with Gasteiger partial charge in [0.25, 0.3) is 5.56 Å². The van der Waals surface area contributed by atoms with Crippen LogP contribution in [0.15, 0.2) is 98.7 Å². The number of aromatic nitrogens is 1. The second kappa shape index (κ2) is 10.7. The molecule has 0 saturated carbocycles. The van der Waals surface area contributed by atoms with Gasteiger partial charge in [0, 0.05) is 5.56 Å². The summed E-state index contributed by atoms with van der Waals surface area (Å²) in [6, 6.07) is 24.0. The number of carbonyl (C=O) groups excluding carboxylic acids is 1. The summed E-state index contributed by atoms with van der Waals surface area (Å²) in [4.78, 5) is 32.6. The molecule has 0 spiro atoms. The van der Waals surface area contributed by atoms with E-state index in [-0.39, 0.29) is 12.2 Å². The maximum atomic E-state index is 13.8. The minimum absolute atomic E-state index is 0.211. The number of thiazole rings is 1. The zero-order valence-corrected chi connectivity index (χ0v) is 22.6. The van der Waals surface area contributed by atoms with Gasteiger partial charge in [0.05, 0.1) is 40.0 Å². The number of methoxy groups -OCH3 is 1. The molecule has 2 heterocycles. The van der Waals surface area contributed by atoms with Crippen LogP contribution >= 0.6 is 27.3 Å². The highest BCUT2D eigenvalue weighted by molar-refractivity contribution is 9.10. The Kier molecular flexibility index (Phi) is 7.21. The lowest BCUT2D eigenvalue weighted by Gasteiger charge is -2.25. The number of rotatable bonds is 6. The topological polar surface area (TPSA) is 69.9 Å². The summed E-state index contributed by atoms with van der Waals surface area (Å²) in [5, 5.41) is 0. The van der Waals surface area contributed by atoms with Crippen LogP contribution in [0.2, 0.25) is 0 Å². The lowest BCUT2D eigenvalue weighted by atomic mass is 9.93. The minimum atomic E-state index is -0.684. The number of nitrogens with zero attached hydrogens (tertiary/aromatic N) is 2. The van der Waals surface area contributed by atoms with E-state index in [1.165, 1.54) is 11.3 Å². The van der Waals surface area contributed by atoms with E-state index >= 15 is 0 Å². The van der Waals surface area contributed by atoms with Crippen LogP contribution in [-0.4, -0.2) is 24.3 Å². The number of esters is 1. The van der Waals surface area contributed by atoms with Crippen LogP contribution in [0.4, 0.5) is 0 Å². The van der Waals surface area contributed by atoms with E-state index in [0.29, 0.717) is 26.4 Å². The predicted octanol–water partition coefficient (Wildman–Crippen LogP) is 4.71. The number of ether oxygens (including phenoxy) is 2. The third kappa shape index (κ3) is 4.82. The lowest BCUT2D eigenvalue weighted by molar-refractivity contribution is -0.138. The van der Waals surface area contributed by atoms with E-state index in [1.807, 2.05) is 84.9 Å². The normalized spacial score (nSPS) is 15.2. The van der Waals surface area contributed by atoms with E-state index in [1.54, 1.807) is 18.6 Å². The van der Waals surface area contributed by atoms with Crippen LogP contribution in [0.25, 0.3) is 11.8 Å². The van der Waals surface area contributed by atoms with Gasteiger partial charge in [-0.3, -0.25) is 9.36 Å². The third-order valence-corrected chi connectivity index (χ3v) is 7.57. The van der Waals surface area contributed by atoms with Crippen molar-refractivity contribution in [2.75, 3.05) is 13.7 Å². The van der Waals surface area contributed by atoms with E-state index in [9.17, 15) is 9.59 Å². The second-order valence-electron chi connectivity index (χ2n) is 8.24. The molecule has 3 aromatic carbocycles. The number of fused-ring (bicyclic) bond motifs is 1. The average Bonchev–Trinajstić information content (AvgIpc) is 3.23. The SMILES string of the molecule is CCOC(=O)C1=C(c2ccccc2)N=c2s/c(=C\c3ccc(OC)c(Br)c3)c(=O)n2[C@H]1c1ccccc1. The maximum Gasteiger partial charge on any atom is 0.338 e. The van der Waals surface area contributed by atoms with Gasteiger partial charge in [-0.1, -0.05) is 78.1 Å². The Labute approximate surface area is 226 Å². The summed E-state index contributed by atoms with van der Waals surface area (Å²) >= 11 is 4.80. The molecule has 1 atom stereocenters. The molecule has 0 bridgehead atoms. The zero-order valence-electron chi connectivity index (χ0n) is 20.2. The van der Waals surface area contributed by atoms with Gasteiger partial charge in [-0.25, -0.2) is 9.79 Å². The number of halogens is 1. The molecule has 186 valence electrons. The van der Waals surface area contributed by atoms with Crippen molar-refractivity contribution in [1.82, 2.24) is 4.57 Å². The van der Waals surface area contributed by atoms with Crippen molar-refractivity contribution in [2.24, 2.45) is 4.99 Å². The first kappa shape index (κ1) is 24.9. The average molecular weight is 575 g/mol. The van der Waals surface area contributed by atoms with Gasteiger partial charge < -0.3 is 9.47 Å². The zero-order chi connectivity index (χ0) is 25.9. The molecule has 0 saturated heterocycles. The van der Waals surface area contributed by atoms with Gasteiger partial charge in [0.2, 0.25) is 0 Å². The number of hydrogen-bond acceptors (Lipinski definition) is 6. The standard InChI is InChI=1S/C29H23BrN2O4S/c1-3-36-28(34)24-25(19-10-6-4-7-11-19)31-29-32(26(24)20-12-8-5-9-13-20)27(33)23(37-29)17-18-14-15-22(35-2)21(30)16-18/h4-17,26H,3H2,1-2H3/b23-17-/t26-/m0/s1. The Balaban J connectivity index is 1.80. The molecule has 4 aromatic rings. The number of hydrogen-bond donors (Lipinski definition) is 0. The molecule has 1 aliphatic rings. The van der Waals surface area contributed by atoms with Crippen molar-refractivity contribution in [2.45, 2.75) is 13.0 Å². The van der Waals surface area contributed by atoms with Crippen LogP contribution in [0.5, 0.6) is 5.75 Å². The fraction of sp³-hybridized carbons (Fsp3) is 0.138. The highest BCUT2D eigenvalue weighted by atomic mass is 79.9. The van der Waals surface area contributed by atoms with Crippen molar-refractivity contribution in [3.8, 4) is 5.75 Å². The predicted molar refractivity (Wildman–Crippen MR) is 148 cm³/mol. The molecular weight excluding hydrogens is 552 g/mol. The van der Waals surface area contributed by atoms with Gasteiger partial charge >= 0.3 is 5.97 Å². The highest BCUT2D eigenvalue weighted by Gasteiger charge is 2.35. The number of benzene rings is 3. The molecule has 0 aliphatic carbocycles. The van der Waals surface area contributed by atoms with Gasteiger partial charge in [-0.2, -0.15) is 0 Å². The van der Waals surface area contributed by atoms with Gasteiger partial charge in [0.15, 0.2) is 4.80 Å². The summed E-state index contributed by atoms with van der Waals surface area (Å²) < 4.78 is 13.7. The summed E-state index contributed by atoms with van der Waals surface area (Å²) in [6.07, 6.45) is 1.83. The van der Waals surface area contributed by atoms with E-state index in [2.05, 4.69) is 15.9 Å². The van der Waals surface area contributed by atoms with Gasteiger partial charge in [-0.05, 0) is 52.2 Å². The van der Waals surface area contributed by atoms with Gasteiger partial charge in [0.1, 0.15) is 5.75 Å². The Hall–Kier alpha value is -3.75. The summed E-state index contributed by atoms with van der Waals surface area (Å²) in [6.45, 7) is 1.98. The Morgan fingerprint density at radius 1 is 1.08 bits per heavy atom. The Morgan fingerprint density at radius 3 is 2.43 bits per heavy atom. The van der Waals surface area contributed by atoms with Crippen molar-refractivity contribution in [1.29, 1.82) is 0 Å². The van der Waals surface area contributed by atoms with E-state index in [4.69, 9.17) is 14.5 Å². The molecule has 1 aliphatic heterocycles. The van der Waals surface area contributed by atoms with Crippen molar-refractivity contribution >= 4 is 45.0 Å². The van der Waals surface area contributed by atoms with Crippen LogP contribution < -0.4 is 19.6 Å². The third-order valence-electron chi connectivity index (χ3n) is 5.96. The monoisotopic (exact) mass is 574 g/mol. The fourth-order valence-corrected chi connectivity index (χ4v) is 5.87. The van der Waals surface area contributed by atoms with Crippen LogP contribution in [0.3, 0.4) is 0 Å². The first-order valence-corrected chi connectivity index (χ1v) is 13.3. The summed E-state index contributed by atoms with van der Waals surface area (Å²) in [5.74, 6) is 0.210. The molecule has 1 aromatic heterocycles. The lowest BCUT2D eigenvalue weighted by Crippen LogP contribution is -2.39. The van der Waals surface area contributed by atoms with Crippen molar-refractivity contribution in [3.05, 3.63) is 125 Å². The van der Waals surface area contributed by atoms with E-state index in [0.717, 1.165) is 21.2 Å². The largest absolute Gasteiger partial charge is 0.496 e. The second-order valence-corrected chi connectivity index (χ2v) is 10.1. The van der Waals surface area contributed by atoms with Crippen LogP contribution in [0.1, 0.15) is 29.7 Å². The molecule has 8 heteroatoms. The Bertz CT molecular complexity index is 1670. The van der Waals surface area contributed by atoms with Crippen LogP contribution in [0, 0.1) is 0 Å². The molecule has 0 unspecified atom stereocenters. The first-order valence-electron chi connectivity index (χ1n) is 11.7. The maximum absolute atomic E-state index is 13.8. The number of carbonyl (C=O) groups is 1. The van der Waals surface area contributed by atoms with Crippen LogP contribution in [-0.2, 0) is 9.53 Å². The van der Waals surface area contributed by atoms with Crippen molar-refractivity contribution in [3.63, 3.8) is 0 Å². The van der Waals surface area contributed by atoms with E-state index < -0.39 is 12.0 Å². The molecule has 0 amide bonds. The molecule has 0 N–H and O–H groups in total. The van der Waals surface area contributed by atoms with Crippen molar-refractivity contribution < 1.29 is 14.3 Å². The molecular formula is C29H23BrN2O4S. The molecule has 37 heavy (non-hydrogen) atoms. The van der Waals surface area contributed by atoms with Gasteiger partial charge in [-0.15, -0.1) is 0 Å². The molecule has 0 fully saturated rings. The molecule has 5 rings (SSSR count). The first-order chi connectivity index (χ1) is 18.0. The smallest absolute Gasteiger partial charge is 0.338 e. The minimum Gasteiger partial charge on any atom is -0.496 e. The summed E-state index contributed by atoms with van der Waals surface area (Å²) in [7, 11) is 1.60. The fourth-order valence-electron chi connectivity index (χ4n) is 4.31. The summed E-state index contributed by atoms with van der Waals surface area (Å²) in [5.41, 5.74) is 3.04. The highest BCUT2D eigenvalue weighted by Crippen LogP contribution is 2.35. The quantitative estimate of drug-likeness (QED) is 0.313. The molecule has 0 radical (unpaired) electrons. The Morgan fingerprint density at radius 2 is 1.78 bits per heavy atom.